The van der Waals surface area contributed by atoms with E-state index in [0.29, 0.717) is 4.73 Å². The van der Waals surface area contributed by atoms with E-state index in [2.05, 4.69) is 4.74 Å². The molecule has 1 rings (SSSR count). The Bertz CT molecular complexity index is 312. The number of nitrogens with zero attached hydrogens (tertiary/aromatic N) is 2. The van der Waals surface area contributed by atoms with Crippen LogP contribution in [0.2, 0.25) is 0 Å². The summed E-state index contributed by atoms with van der Waals surface area (Å²) in [6, 6.07) is 2.44. The summed E-state index contributed by atoms with van der Waals surface area (Å²) in [6.07, 6.45) is 0.846. The minimum atomic E-state index is -0.645. The second-order valence-corrected chi connectivity index (χ2v) is 2.01. The summed E-state index contributed by atoms with van der Waals surface area (Å²) in [4.78, 5) is 9.52. The third kappa shape index (κ3) is 1.42. The van der Waals surface area contributed by atoms with Gasteiger partial charge in [0.25, 0.3) is 6.20 Å². The molecule has 0 spiro atoms. The molecule has 0 unspecified atom stereocenters. The summed E-state index contributed by atoms with van der Waals surface area (Å²) < 4.78 is 4.91. The number of methoxy groups -OCH3 is 1. The molecular formula is C6H6N2O4. The first-order valence-corrected chi connectivity index (χ1v) is 3.06. The van der Waals surface area contributed by atoms with Crippen LogP contribution in [0, 0.1) is 15.3 Å². The number of rotatable bonds is 2. The van der Waals surface area contributed by atoms with E-state index in [4.69, 9.17) is 0 Å². The molecule has 6 heteroatoms. The quantitative estimate of drug-likeness (QED) is 0.275. The average Bonchev–Trinajstić information content (AvgIpc) is 2.04. The summed E-state index contributed by atoms with van der Waals surface area (Å²) in [6.45, 7) is 0. The Morgan fingerprint density at radius 3 is 2.67 bits per heavy atom. The molecule has 0 saturated carbocycles. The van der Waals surface area contributed by atoms with Crippen LogP contribution in [0.4, 0.5) is 5.69 Å². The van der Waals surface area contributed by atoms with Gasteiger partial charge in [-0.2, -0.15) is 0 Å². The molecule has 64 valence electrons. The van der Waals surface area contributed by atoms with E-state index in [9.17, 15) is 15.3 Å². The zero-order valence-electron chi connectivity index (χ0n) is 6.26. The number of hydrogen-bond donors (Lipinski definition) is 0. The van der Waals surface area contributed by atoms with Crippen LogP contribution in [-0.2, 0) is 0 Å². The fourth-order valence-corrected chi connectivity index (χ4v) is 0.723. The highest BCUT2D eigenvalue weighted by Crippen LogP contribution is 2.10. The summed E-state index contributed by atoms with van der Waals surface area (Å²) in [5.74, 6) is 0.0283. The number of ether oxygens (including phenoxy) is 1. The van der Waals surface area contributed by atoms with Crippen molar-refractivity contribution in [1.82, 2.24) is 0 Å². The minimum absolute atomic E-state index is 0.0283. The first-order chi connectivity index (χ1) is 5.65. The zero-order valence-corrected chi connectivity index (χ0v) is 6.26. The Kier molecular flexibility index (Phi) is 2.09. The smallest absolute Gasteiger partial charge is 0.379 e. The van der Waals surface area contributed by atoms with Gasteiger partial charge < -0.3 is 9.94 Å². The van der Waals surface area contributed by atoms with Gasteiger partial charge in [0.1, 0.15) is 0 Å². The molecule has 0 amide bonds. The SMILES string of the molecule is COc1ccc([N+](=O)[O-])c[n+]1[O-]. The van der Waals surface area contributed by atoms with Gasteiger partial charge in [-0.3, -0.25) is 10.1 Å². The van der Waals surface area contributed by atoms with Crippen molar-refractivity contribution < 1.29 is 14.4 Å². The van der Waals surface area contributed by atoms with E-state index in [1.54, 1.807) is 0 Å². The Balaban J connectivity index is 3.10. The first-order valence-electron chi connectivity index (χ1n) is 3.06. The summed E-state index contributed by atoms with van der Waals surface area (Å²) in [5, 5.41) is 21.0. The Hall–Kier alpha value is -1.85. The molecule has 0 N–H and O–H groups in total. The van der Waals surface area contributed by atoms with Gasteiger partial charge in [-0.15, -0.1) is 4.73 Å². The molecule has 0 saturated heterocycles. The Morgan fingerprint density at radius 1 is 1.58 bits per heavy atom. The lowest BCUT2D eigenvalue weighted by Gasteiger charge is -2.00. The van der Waals surface area contributed by atoms with Gasteiger partial charge in [0, 0.05) is 6.07 Å². The lowest BCUT2D eigenvalue weighted by Crippen LogP contribution is -2.27. The third-order valence-corrected chi connectivity index (χ3v) is 1.28. The van der Waals surface area contributed by atoms with Crippen molar-refractivity contribution in [1.29, 1.82) is 0 Å². The molecule has 0 atom stereocenters. The van der Waals surface area contributed by atoms with Crippen molar-refractivity contribution in [2.24, 2.45) is 0 Å². The standard InChI is InChI=1S/C6H6N2O4/c1-12-6-3-2-5(8(10)11)4-7(6)9/h2-4H,1H3. The van der Waals surface area contributed by atoms with Crippen LogP contribution in [0.25, 0.3) is 0 Å². The number of hydrogen-bond acceptors (Lipinski definition) is 4. The summed E-state index contributed by atoms with van der Waals surface area (Å²) in [5.41, 5.74) is -0.259. The molecule has 0 fully saturated rings. The van der Waals surface area contributed by atoms with Crippen molar-refractivity contribution in [2.45, 2.75) is 0 Å². The van der Waals surface area contributed by atoms with Gasteiger partial charge >= 0.3 is 11.6 Å². The molecule has 1 aromatic rings. The highest BCUT2D eigenvalue weighted by Gasteiger charge is 2.13. The summed E-state index contributed by atoms with van der Waals surface area (Å²) >= 11 is 0. The largest absolute Gasteiger partial charge is 0.616 e. The maximum Gasteiger partial charge on any atom is 0.379 e. The lowest BCUT2D eigenvalue weighted by atomic mass is 10.4. The monoisotopic (exact) mass is 170 g/mol. The van der Waals surface area contributed by atoms with Gasteiger partial charge in [0.05, 0.1) is 18.1 Å². The fraction of sp³-hybridized carbons (Fsp3) is 0.167. The third-order valence-electron chi connectivity index (χ3n) is 1.28. The molecule has 6 nitrogen and oxygen atoms in total. The predicted molar refractivity (Wildman–Crippen MR) is 38.6 cm³/mol. The fourth-order valence-electron chi connectivity index (χ4n) is 0.723. The molecule has 0 aliphatic carbocycles. The van der Waals surface area contributed by atoms with Gasteiger partial charge in [-0.05, 0) is 0 Å². The molecule has 0 bridgehead atoms. The minimum Gasteiger partial charge on any atom is -0.616 e. The number of nitro groups is 1. The Labute approximate surface area is 67.7 Å². The molecule has 0 aromatic carbocycles. The maximum atomic E-state index is 10.9. The average molecular weight is 170 g/mol. The van der Waals surface area contributed by atoms with Crippen molar-refractivity contribution in [3.8, 4) is 5.88 Å². The summed E-state index contributed by atoms with van der Waals surface area (Å²) in [7, 11) is 1.32. The van der Waals surface area contributed by atoms with Crippen LogP contribution in [-0.4, -0.2) is 12.0 Å². The van der Waals surface area contributed by atoms with Gasteiger partial charge in [-0.25, -0.2) is 0 Å². The lowest BCUT2D eigenvalue weighted by molar-refractivity contribution is -0.616. The van der Waals surface area contributed by atoms with E-state index >= 15 is 0 Å². The van der Waals surface area contributed by atoms with Gasteiger partial charge in [0.2, 0.25) is 0 Å². The van der Waals surface area contributed by atoms with Crippen LogP contribution in [0.5, 0.6) is 5.88 Å². The van der Waals surface area contributed by atoms with Crippen LogP contribution >= 0.6 is 0 Å². The van der Waals surface area contributed by atoms with E-state index < -0.39 is 4.92 Å². The van der Waals surface area contributed by atoms with Crippen LogP contribution < -0.4 is 9.47 Å². The normalized spacial score (nSPS) is 9.42. The molecule has 1 aromatic heterocycles. The zero-order chi connectivity index (χ0) is 9.14. The van der Waals surface area contributed by atoms with E-state index in [-0.39, 0.29) is 11.6 Å². The van der Waals surface area contributed by atoms with Crippen LogP contribution in [0.15, 0.2) is 18.3 Å². The van der Waals surface area contributed by atoms with Gasteiger partial charge in [-0.1, -0.05) is 0 Å². The number of pyridine rings is 1. The topological polar surface area (TPSA) is 79.3 Å². The molecule has 12 heavy (non-hydrogen) atoms. The molecule has 1 heterocycles. The molecule has 0 radical (unpaired) electrons. The molecular weight excluding hydrogens is 164 g/mol. The first kappa shape index (κ1) is 8.25. The van der Waals surface area contributed by atoms with Crippen molar-refractivity contribution in [3.05, 3.63) is 33.7 Å². The second kappa shape index (κ2) is 3.04. The molecule has 0 aliphatic heterocycles. The van der Waals surface area contributed by atoms with E-state index in [1.165, 1.54) is 19.2 Å². The maximum absolute atomic E-state index is 10.9. The van der Waals surface area contributed by atoms with E-state index in [0.717, 1.165) is 6.20 Å². The van der Waals surface area contributed by atoms with Gasteiger partial charge in [0.15, 0.2) is 0 Å². The van der Waals surface area contributed by atoms with Crippen molar-refractivity contribution in [2.75, 3.05) is 7.11 Å². The Morgan fingerprint density at radius 2 is 2.25 bits per heavy atom. The molecule has 0 aliphatic rings. The highest BCUT2D eigenvalue weighted by molar-refractivity contribution is 5.25. The highest BCUT2D eigenvalue weighted by atomic mass is 16.6. The van der Waals surface area contributed by atoms with Crippen LogP contribution in [0.1, 0.15) is 0 Å². The predicted octanol–water partition coefficient (Wildman–Crippen LogP) is 0.237. The second-order valence-electron chi connectivity index (χ2n) is 2.01. The van der Waals surface area contributed by atoms with Crippen molar-refractivity contribution in [3.63, 3.8) is 0 Å². The number of aromatic nitrogens is 1. The van der Waals surface area contributed by atoms with Crippen molar-refractivity contribution >= 4 is 5.69 Å². The van der Waals surface area contributed by atoms with E-state index in [1.807, 2.05) is 0 Å². The van der Waals surface area contributed by atoms with Crippen LogP contribution in [0.3, 0.4) is 0 Å².